The number of aliphatic hydroxyl groups is 1. The molecule has 2 rings (SSSR count). The van der Waals surface area contributed by atoms with E-state index in [2.05, 4.69) is 5.32 Å². The Hall–Kier alpha value is -1.78. The first-order chi connectivity index (χ1) is 8.68. The van der Waals surface area contributed by atoms with Crippen LogP contribution in [-0.4, -0.2) is 17.6 Å². The number of amides is 1. The Balaban J connectivity index is 1.95. The summed E-state index contributed by atoms with van der Waals surface area (Å²) in [6.07, 6.45) is 0.598. The van der Waals surface area contributed by atoms with Crippen LogP contribution in [0.2, 0.25) is 5.02 Å². The van der Waals surface area contributed by atoms with Gasteiger partial charge in [-0.2, -0.15) is 0 Å². The van der Waals surface area contributed by atoms with E-state index < -0.39 is 6.10 Å². The third-order valence-corrected chi connectivity index (χ3v) is 2.78. The first kappa shape index (κ1) is 12.7. The average Bonchev–Trinajstić information content (AvgIpc) is 2.90. The van der Waals surface area contributed by atoms with E-state index in [0.29, 0.717) is 16.3 Å². The quantitative estimate of drug-likeness (QED) is 0.892. The zero-order valence-electron chi connectivity index (χ0n) is 9.47. The normalized spacial score (nSPS) is 12.1. The Labute approximate surface area is 109 Å². The molecule has 1 heterocycles. The molecule has 0 bridgehead atoms. The van der Waals surface area contributed by atoms with Gasteiger partial charge in [0.2, 0.25) is 0 Å². The smallest absolute Gasteiger partial charge is 0.252 e. The zero-order valence-corrected chi connectivity index (χ0v) is 10.2. The van der Waals surface area contributed by atoms with Crippen LogP contribution in [0.25, 0.3) is 0 Å². The van der Waals surface area contributed by atoms with Crippen LogP contribution in [0.3, 0.4) is 0 Å². The second-order valence-electron chi connectivity index (χ2n) is 3.72. The van der Waals surface area contributed by atoms with Crippen molar-refractivity contribution in [2.45, 2.75) is 6.10 Å². The average molecular weight is 266 g/mol. The van der Waals surface area contributed by atoms with E-state index >= 15 is 0 Å². The Morgan fingerprint density at radius 3 is 2.78 bits per heavy atom. The van der Waals surface area contributed by atoms with Gasteiger partial charge in [0.05, 0.1) is 23.4 Å². The second-order valence-corrected chi connectivity index (χ2v) is 4.13. The minimum Gasteiger partial charge on any atom is -0.467 e. The fourth-order valence-corrected chi connectivity index (χ4v) is 1.73. The van der Waals surface area contributed by atoms with E-state index in [1.54, 1.807) is 36.4 Å². The van der Waals surface area contributed by atoms with Crippen LogP contribution < -0.4 is 5.32 Å². The molecule has 18 heavy (non-hydrogen) atoms. The standard InChI is InChI=1S/C13H12ClNO3/c14-10-5-2-1-4-9(10)13(17)15-8-11(16)12-6-3-7-18-12/h1-7,11,16H,8H2,(H,15,17). The van der Waals surface area contributed by atoms with Crippen molar-refractivity contribution < 1.29 is 14.3 Å². The van der Waals surface area contributed by atoms with Crippen molar-refractivity contribution in [3.05, 3.63) is 59.0 Å². The van der Waals surface area contributed by atoms with Crippen molar-refractivity contribution in [2.24, 2.45) is 0 Å². The Morgan fingerprint density at radius 2 is 2.11 bits per heavy atom. The van der Waals surface area contributed by atoms with Gasteiger partial charge in [0.15, 0.2) is 0 Å². The van der Waals surface area contributed by atoms with E-state index in [0.717, 1.165) is 0 Å². The molecule has 5 heteroatoms. The molecule has 0 aliphatic rings. The summed E-state index contributed by atoms with van der Waals surface area (Å²) in [5.74, 6) is 0.0839. The highest BCUT2D eigenvalue weighted by atomic mass is 35.5. The molecule has 4 nitrogen and oxygen atoms in total. The summed E-state index contributed by atoms with van der Waals surface area (Å²) in [5.41, 5.74) is 0.380. The minimum absolute atomic E-state index is 0.0670. The van der Waals surface area contributed by atoms with Crippen molar-refractivity contribution >= 4 is 17.5 Å². The number of aliphatic hydroxyl groups excluding tert-OH is 1. The number of furan rings is 1. The second kappa shape index (κ2) is 5.71. The first-order valence-electron chi connectivity index (χ1n) is 5.42. The van der Waals surface area contributed by atoms with Gasteiger partial charge < -0.3 is 14.8 Å². The molecule has 0 aliphatic carbocycles. The Bertz CT molecular complexity index is 525. The van der Waals surface area contributed by atoms with Gasteiger partial charge in [-0.1, -0.05) is 23.7 Å². The van der Waals surface area contributed by atoms with Gasteiger partial charge in [0, 0.05) is 0 Å². The summed E-state index contributed by atoms with van der Waals surface area (Å²) in [6, 6.07) is 10.1. The minimum atomic E-state index is -0.869. The van der Waals surface area contributed by atoms with Crippen LogP contribution in [-0.2, 0) is 0 Å². The van der Waals surface area contributed by atoms with Crippen molar-refractivity contribution in [2.75, 3.05) is 6.54 Å². The van der Waals surface area contributed by atoms with Crippen molar-refractivity contribution in [3.8, 4) is 0 Å². The molecule has 0 fully saturated rings. The van der Waals surface area contributed by atoms with E-state index in [-0.39, 0.29) is 12.5 Å². The fourth-order valence-electron chi connectivity index (χ4n) is 1.51. The number of hydrogen-bond donors (Lipinski definition) is 2. The maximum Gasteiger partial charge on any atom is 0.252 e. The molecule has 1 aromatic carbocycles. The molecule has 0 radical (unpaired) electrons. The lowest BCUT2D eigenvalue weighted by molar-refractivity contribution is 0.0901. The van der Waals surface area contributed by atoms with E-state index in [1.165, 1.54) is 6.26 Å². The number of nitrogens with one attached hydrogen (secondary N) is 1. The summed E-state index contributed by atoms with van der Waals surface area (Å²) < 4.78 is 5.03. The number of carbonyl (C=O) groups excluding carboxylic acids is 1. The Morgan fingerprint density at radius 1 is 1.33 bits per heavy atom. The summed E-state index contributed by atoms with van der Waals surface area (Å²) in [5, 5.41) is 12.7. The highest BCUT2D eigenvalue weighted by Crippen LogP contribution is 2.15. The summed E-state index contributed by atoms with van der Waals surface area (Å²) in [7, 11) is 0. The third kappa shape index (κ3) is 2.91. The van der Waals surface area contributed by atoms with Crippen LogP contribution in [0, 0.1) is 0 Å². The van der Waals surface area contributed by atoms with Gasteiger partial charge in [-0.05, 0) is 24.3 Å². The van der Waals surface area contributed by atoms with Crippen LogP contribution >= 0.6 is 11.6 Å². The molecular weight excluding hydrogens is 254 g/mol. The summed E-state index contributed by atoms with van der Waals surface area (Å²) >= 11 is 5.89. The van der Waals surface area contributed by atoms with Crippen LogP contribution in [0.5, 0.6) is 0 Å². The predicted octanol–water partition coefficient (Wildman–Crippen LogP) is 2.40. The monoisotopic (exact) mass is 265 g/mol. The lowest BCUT2D eigenvalue weighted by Gasteiger charge is -2.10. The topological polar surface area (TPSA) is 62.5 Å². The number of rotatable bonds is 4. The van der Waals surface area contributed by atoms with Crippen LogP contribution in [0.15, 0.2) is 47.1 Å². The SMILES string of the molecule is O=C(NCC(O)c1ccco1)c1ccccc1Cl. The van der Waals surface area contributed by atoms with Gasteiger partial charge in [0.25, 0.3) is 5.91 Å². The molecule has 0 saturated heterocycles. The molecule has 1 aromatic heterocycles. The Kier molecular flexibility index (Phi) is 4.02. The van der Waals surface area contributed by atoms with E-state index in [1.807, 2.05) is 0 Å². The lowest BCUT2D eigenvalue weighted by Crippen LogP contribution is -2.28. The van der Waals surface area contributed by atoms with Crippen molar-refractivity contribution in [3.63, 3.8) is 0 Å². The largest absolute Gasteiger partial charge is 0.467 e. The third-order valence-electron chi connectivity index (χ3n) is 2.45. The van der Waals surface area contributed by atoms with Gasteiger partial charge in [-0.3, -0.25) is 4.79 Å². The first-order valence-corrected chi connectivity index (χ1v) is 5.80. The van der Waals surface area contributed by atoms with Gasteiger partial charge >= 0.3 is 0 Å². The molecule has 2 aromatic rings. The molecule has 94 valence electrons. The highest BCUT2D eigenvalue weighted by Gasteiger charge is 2.14. The number of hydrogen-bond acceptors (Lipinski definition) is 3. The van der Waals surface area contributed by atoms with Gasteiger partial charge in [0.1, 0.15) is 11.9 Å². The molecular formula is C13H12ClNO3. The zero-order chi connectivity index (χ0) is 13.0. The maximum absolute atomic E-state index is 11.8. The molecule has 1 atom stereocenters. The van der Waals surface area contributed by atoms with Gasteiger partial charge in [-0.15, -0.1) is 0 Å². The molecule has 0 spiro atoms. The van der Waals surface area contributed by atoms with Crippen LogP contribution in [0.4, 0.5) is 0 Å². The lowest BCUT2D eigenvalue weighted by atomic mass is 10.2. The van der Waals surface area contributed by atoms with Crippen LogP contribution in [0.1, 0.15) is 22.2 Å². The number of benzene rings is 1. The summed E-state index contributed by atoms with van der Waals surface area (Å²) in [4.78, 5) is 11.8. The molecule has 0 saturated carbocycles. The van der Waals surface area contributed by atoms with E-state index in [4.69, 9.17) is 16.0 Å². The highest BCUT2D eigenvalue weighted by molar-refractivity contribution is 6.33. The molecule has 1 unspecified atom stereocenters. The van der Waals surface area contributed by atoms with E-state index in [9.17, 15) is 9.90 Å². The fraction of sp³-hybridized carbons (Fsp3) is 0.154. The van der Waals surface area contributed by atoms with Crippen molar-refractivity contribution in [1.82, 2.24) is 5.32 Å². The number of halogens is 1. The van der Waals surface area contributed by atoms with Gasteiger partial charge in [-0.25, -0.2) is 0 Å². The predicted molar refractivity (Wildman–Crippen MR) is 67.5 cm³/mol. The molecule has 1 amide bonds. The maximum atomic E-state index is 11.8. The molecule has 2 N–H and O–H groups in total. The number of carbonyl (C=O) groups is 1. The van der Waals surface area contributed by atoms with Crippen molar-refractivity contribution in [1.29, 1.82) is 0 Å². The summed E-state index contributed by atoms with van der Waals surface area (Å²) in [6.45, 7) is 0.0670. The molecule has 0 aliphatic heterocycles.